The van der Waals surface area contributed by atoms with Crippen LogP contribution in [0.25, 0.3) is 0 Å². The molecule has 0 radical (unpaired) electrons. The lowest BCUT2D eigenvalue weighted by molar-refractivity contribution is -0.113. The number of thioether (sulfide) groups is 1. The molecule has 6 nitrogen and oxygen atoms in total. The summed E-state index contributed by atoms with van der Waals surface area (Å²) < 4.78 is 5.30. The molecule has 3 N–H and O–H groups in total. The summed E-state index contributed by atoms with van der Waals surface area (Å²) in [4.78, 5) is 11.9. The molecule has 1 aromatic heterocycles. The maximum Gasteiger partial charge on any atom is 0.277 e. The van der Waals surface area contributed by atoms with Gasteiger partial charge in [-0.1, -0.05) is 29.4 Å². The Hall–Kier alpha value is -1.57. The van der Waals surface area contributed by atoms with Crippen molar-refractivity contribution in [2.75, 3.05) is 11.1 Å². The van der Waals surface area contributed by atoms with E-state index in [0.717, 1.165) is 17.3 Å². The van der Waals surface area contributed by atoms with Gasteiger partial charge in [0.1, 0.15) is 0 Å². The zero-order chi connectivity index (χ0) is 15.4. The largest absolute Gasteiger partial charge is 0.414 e. The minimum atomic E-state index is -0.324. The van der Waals surface area contributed by atoms with E-state index < -0.39 is 0 Å². The van der Waals surface area contributed by atoms with E-state index in [9.17, 15) is 4.79 Å². The molecule has 0 saturated heterocycles. The molecule has 0 aliphatic rings. The Bertz CT molecular complexity index is 645. The molecule has 0 saturated carbocycles. The minimum Gasteiger partial charge on any atom is -0.414 e. The van der Waals surface area contributed by atoms with Crippen molar-refractivity contribution in [3.05, 3.63) is 34.7 Å². The number of benzene rings is 1. The number of nitrogens with one attached hydrogen (secondary N) is 1. The first-order valence-electron chi connectivity index (χ1n) is 6.24. The van der Waals surface area contributed by atoms with E-state index in [2.05, 4.69) is 15.5 Å². The van der Waals surface area contributed by atoms with Crippen LogP contribution in [0.5, 0.6) is 0 Å². The van der Waals surface area contributed by atoms with E-state index in [1.807, 2.05) is 6.92 Å². The number of halogens is 1. The van der Waals surface area contributed by atoms with Gasteiger partial charge in [0.15, 0.2) is 0 Å². The number of hydrogen-bond donors (Lipinski definition) is 2. The predicted molar refractivity (Wildman–Crippen MR) is 82.4 cm³/mol. The second kappa shape index (κ2) is 6.93. The molecule has 2 aromatic rings. The molecule has 0 aliphatic heterocycles. The Balaban J connectivity index is 1.91. The first-order valence-corrected chi connectivity index (χ1v) is 7.60. The summed E-state index contributed by atoms with van der Waals surface area (Å²) in [5.74, 6) is 0.335. The van der Waals surface area contributed by atoms with Gasteiger partial charge in [-0.3, -0.25) is 4.79 Å². The number of hydrogen-bond acceptors (Lipinski definition) is 6. The predicted octanol–water partition coefficient (Wildman–Crippen LogP) is 2.78. The van der Waals surface area contributed by atoms with Crippen molar-refractivity contribution in [3.63, 3.8) is 0 Å². The Morgan fingerprint density at radius 1 is 1.52 bits per heavy atom. The summed E-state index contributed by atoms with van der Waals surface area (Å²) in [6.45, 7) is 3.59. The Labute approximate surface area is 131 Å². The topological polar surface area (TPSA) is 94.0 Å². The fourth-order valence-electron chi connectivity index (χ4n) is 1.52. The zero-order valence-corrected chi connectivity index (χ0v) is 13.2. The van der Waals surface area contributed by atoms with Crippen LogP contribution in [-0.2, 0) is 4.79 Å². The highest BCUT2D eigenvalue weighted by Crippen LogP contribution is 2.24. The van der Waals surface area contributed by atoms with E-state index in [0.29, 0.717) is 21.8 Å². The number of carbonyl (C=O) groups is 1. The maximum absolute atomic E-state index is 11.9. The lowest BCUT2D eigenvalue weighted by Crippen LogP contribution is -2.14. The van der Waals surface area contributed by atoms with Crippen molar-refractivity contribution in [2.24, 2.45) is 5.73 Å². The summed E-state index contributed by atoms with van der Waals surface area (Å²) in [6, 6.07) is 5.03. The summed E-state index contributed by atoms with van der Waals surface area (Å²) in [6.07, 6.45) is 0. The van der Waals surface area contributed by atoms with Crippen LogP contribution in [0, 0.1) is 6.92 Å². The van der Waals surface area contributed by atoms with Crippen molar-refractivity contribution in [1.82, 2.24) is 10.2 Å². The molecule has 1 unspecified atom stereocenters. The number of aromatic nitrogens is 2. The summed E-state index contributed by atoms with van der Waals surface area (Å²) >= 11 is 7.16. The van der Waals surface area contributed by atoms with Crippen molar-refractivity contribution in [2.45, 2.75) is 25.1 Å². The van der Waals surface area contributed by atoms with E-state index in [1.54, 1.807) is 25.1 Å². The summed E-state index contributed by atoms with van der Waals surface area (Å²) in [5.41, 5.74) is 7.14. The molecular formula is C13H15ClN4O2S. The summed E-state index contributed by atoms with van der Waals surface area (Å²) in [5, 5.41) is 11.3. The van der Waals surface area contributed by atoms with Crippen molar-refractivity contribution in [1.29, 1.82) is 0 Å². The van der Waals surface area contributed by atoms with Crippen molar-refractivity contribution < 1.29 is 9.21 Å². The van der Waals surface area contributed by atoms with Crippen LogP contribution in [-0.4, -0.2) is 21.9 Å². The van der Waals surface area contributed by atoms with Gasteiger partial charge in [0.05, 0.1) is 11.8 Å². The van der Waals surface area contributed by atoms with Gasteiger partial charge in [-0.15, -0.1) is 10.2 Å². The fraction of sp³-hybridized carbons (Fsp3) is 0.308. The molecule has 0 aliphatic carbocycles. The number of amides is 1. The van der Waals surface area contributed by atoms with Gasteiger partial charge in [-0.05, 0) is 31.5 Å². The second-order valence-electron chi connectivity index (χ2n) is 4.44. The fourth-order valence-corrected chi connectivity index (χ4v) is 2.26. The van der Waals surface area contributed by atoms with Crippen LogP contribution < -0.4 is 11.1 Å². The van der Waals surface area contributed by atoms with Gasteiger partial charge in [0, 0.05) is 10.7 Å². The second-order valence-corrected chi connectivity index (χ2v) is 5.78. The first-order chi connectivity index (χ1) is 9.97. The molecule has 21 heavy (non-hydrogen) atoms. The van der Waals surface area contributed by atoms with Crippen molar-refractivity contribution in [3.8, 4) is 0 Å². The molecule has 8 heteroatoms. The molecule has 0 fully saturated rings. The van der Waals surface area contributed by atoms with Gasteiger partial charge in [0.2, 0.25) is 11.8 Å². The third-order valence-electron chi connectivity index (χ3n) is 2.68. The Kier molecular flexibility index (Phi) is 5.22. The van der Waals surface area contributed by atoms with Crippen LogP contribution in [0.15, 0.2) is 27.8 Å². The van der Waals surface area contributed by atoms with Gasteiger partial charge in [-0.25, -0.2) is 0 Å². The monoisotopic (exact) mass is 326 g/mol. The van der Waals surface area contributed by atoms with E-state index in [-0.39, 0.29) is 17.7 Å². The van der Waals surface area contributed by atoms with E-state index in [1.165, 1.54) is 0 Å². The molecular weight excluding hydrogens is 312 g/mol. The first kappa shape index (κ1) is 15.8. The number of rotatable bonds is 5. The highest BCUT2D eigenvalue weighted by atomic mass is 35.5. The quantitative estimate of drug-likeness (QED) is 0.820. The van der Waals surface area contributed by atoms with Crippen LogP contribution >= 0.6 is 23.4 Å². The maximum atomic E-state index is 11.9. The summed E-state index contributed by atoms with van der Waals surface area (Å²) in [7, 11) is 0. The molecule has 1 amide bonds. The van der Waals surface area contributed by atoms with Gasteiger partial charge in [0.25, 0.3) is 5.22 Å². The van der Waals surface area contributed by atoms with Crippen LogP contribution in [0.3, 0.4) is 0 Å². The van der Waals surface area contributed by atoms with Crippen LogP contribution in [0.2, 0.25) is 5.02 Å². The number of nitrogens with two attached hydrogens (primary N) is 1. The highest BCUT2D eigenvalue weighted by Gasteiger charge is 2.13. The number of nitrogens with zero attached hydrogens (tertiary/aromatic N) is 2. The average molecular weight is 327 g/mol. The van der Waals surface area contributed by atoms with Crippen LogP contribution in [0.4, 0.5) is 5.69 Å². The van der Waals surface area contributed by atoms with Gasteiger partial charge >= 0.3 is 0 Å². The van der Waals surface area contributed by atoms with E-state index >= 15 is 0 Å². The molecule has 0 spiro atoms. The molecule has 1 aromatic carbocycles. The minimum absolute atomic E-state index is 0.159. The standard InChI is InChI=1S/C13H15ClN4O2S/c1-7-9(14)4-3-5-10(7)16-11(19)6-21-13-18-17-12(20-13)8(2)15/h3-5,8H,6,15H2,1-2H3,(H,16,19). The SMILES string of the molecule is Cc1c(Cl)cccc1NC(=O)CSc1nnc(C(C)N)o1. The number of carbonyl (C=O) groups excluding carboxylic acids is 1. The molecule has 1 heterocycles. The Morgan fingerprint density at radius 2 is 2.29 bits per heavy atom. The lowest BCUT2D eigenvalue weighted by atomic mass is 10.2. The van der Waals surface area contributed by atoms with Crippen molar-refractivity contribution >= 4 is 35.0 Å². The number of anilines is 1. The molecule has 112 valence electrons. The lowest BCUT2D eigenvalue weighted by Gasteiger charge is -2.08. The molecule has 2 rings (SSSR count). The third-order valence-corrected chi connectivity index (χ3v) is 3.91. The molecule has 0 bridgehead atoms. The van der Waals surface area contributed by atoms with Gasteiger partial charge < -0.3 is 15.5 Å². The third kappa shape index (κ3) is 4.20. The van der Waals surface area contributed by atoms with E-state index in [4.69, 9.17) is 21.8 Å². The Morgan fingerprint density at radius 3 is 2.95 bits per heavy atom. The van der Waals surface area contributed by atoms with Gasteiger partial charge in [-0.2, -0.15) is 0 Å². The normalized spacial score (nSPS) is 12.2. The molecule has 1 atom stereocenters. The van der Waals surface area contributed by atoms with Crippen LogP contribution in [0.1, 0.15) is 24.4 Å². The zero-order valence-electron chi connectivity index (χ0n) is 11.6. The highest BCUT2D eigenvalue weighted by molar-refractivity contribution is 7.99. The average Bonchev–Trinajstić information content (AvgIpc) is 2.91. The smallest absolute Gasteiger partial charge is 0.277 e.